The highest BCUT2D eigenvalue weighted by molar-refractivity contribution is 5.81. The molecule has 2 rings (SSSR count). The van der Waals surface area contributed by atoms with Crippen LogP contribution in [0.4, 0.5) is 0 Å². The van der Waals surface area contributed by atoms with Crippen molar-refractivity contribution < 1.29 is 19.4 Å². The van der Waals surface area contributed by atoms with Crippen molar-refractivity contribution in [2.24, 2.45) is 40.4 Å². The minimum atomic E-state index is -0.847. The largest absolute Gasteiger partial charge is 0.481 e. The predicted octanol–water partition coefficient (Wildman–Crippen LogP) is 6.71. The monoisotopic (exact) mass is 422 g/mol. The molecule has 174 valence electrons. The van der Waals surface area contributed by atoms with Crippen molar-refractivity contribution in [3.63, 3.8) is 0 Å². The number of carboxylic acids is 1. The normalized spacial score (nSPS) is 31.8. The van der Waals surface area contributed by atoms with Gasteiger partial charge in [0.25, 0.3) is 0 Å². The van der Waals surface area contributed by atoms with Crippen LogP contribution in [0.1, 0.15) is 106 Å². The Kier molecular flexibility index (Phi) is 8.43. The zero-order valence-corrected chi connectivity index (χ0v) is 20.5. The number of carbonyl (C=O) groups excluding carboxylic acids is 1. The van der Waals surface area contributed by atoms with Gasteiger partial charge in [-0.2, -0.15) is 0 Å². The Morgan fingerprint density at radius 2 is 1.60 bits per heavy atom. The predicted molar refractivity (Wildman–Crippen MR) is 121 cm³/mol. The molecule has 0 aromatic carbocycles. The molecule has 0 aliphatic heterocycles. The van der Waals surface area contributed by atoms with E-state index < -0.39 is 17.8 Å². The van der Waals surface area contributed by atoms with Gasteiger partial charge in [-0.05, 0) is 73.5 Å². The van der Waals surface area contributed by atoms with Gasteiger partial charge in [0.2, 0.25) is 0 Å². The van der Waals surface area contributed by atoms with E-state index in [0.29, 0.717) is 17.8 Å². The third-order valence-corrected chi connectivity index (χ3v) is 8.31. The van der Waals surface area contributed by atoms with E-state index >= 15 is 0 Å². The molecule has 0 aromatic heterocycles. The summed E-state index contributed by atoms with van der Waals surface area (Å²) in [6, 6.07) is 0. The number of esters is 1. The summed E-state index contributed by atoms with van der Waals surface area (Å²) in [5.41, 5.74) is 0.435. The van der Waals surface area contributed by atoms with Crippen LogP contribution in [0.25, 0.3) is 0 Å². The van der Waals surface area contributed by atoms with E-state index in [-0.39, 0.29) is 23.4 Å². The van der Waals surface area contributed by atoms with Gasteiger partial charge in [0.15, 0.2) is 0 Å². The van der Waals surface area contributed by atoms with Crippen molar-refractivity contribution in [1.82, 2.24) is 0 Å². The quantitative estimate of drug-likeness (QED) is 0.463. The molecule has 0 aromatic rings. The number of rotatable bonds is 7. The third-order valence-electron chi connectivity index (χ3n) is 8.31. The SMILES string of the molecule is CCC(C)(C)CC(OC(=O)C1CCCC(C)C1C(=O)O)C1CCC(C(C)(C)C)CC1. The van der Waals surface area contributed by atoms with E-state index in [1.54, 1.807) is 0 Å². The first-order valence-corrected chi connectivity index (χ1v) is 12.3. The molecule has 2 fully saturated rings. The van der Waals surface area contributed by atoms with Gasteiger partial charge < -0.3 is 9.84 Å². The lowest BCUT2D eigenvalue weighted by atomic mass is 9.67. The van der Waals surface area contributed by atoms with E-state index in [9.17, 15) is 14.7 Å². The molecule has 0 radical (unpaired) electrons. The van der Waals surface area contributed by atoms with E-state index in [4.69, 9.17) is 4.74 Å². The first-order valence-electron chi connectivity index (χ1n) is 12.3. The first-order chi connectivity index (χ1) is 13.9. The van der Waals surface area contributed by atoms with Gasteiger partial charge in [0.1, 0.15) is 6.10 Å². The van der Waals surface area contributed by atoms with Gasteiger partial charge in [-0.3, -0.25) is 9.59 Å². The maximum absolute atomic E-state index is 13.2. The second-order valence-electron chi connectivity index (χ2n) is 12.1. The number of carbonyl (C=O) groups is 2. The van der Waals surface area contributed by atoms with Crippen LogP contribution in [-0.4, -0.2) is 23.1 Å². The van der Waals surface area contributed by atoms with Crippen LogP contribution in [0.5, 0.6) is 0 Å². The lowest BCUT2D eigenvalue weighted by Gasteiger charge is -2.41. The van der Waals surface area contributed by atoms with Crippen molar-refractivity contribution in [2.75, 3.05) is 0 Å². The van der Waals surface area contributed by atoms with E-state index in [1.807, 2.05) is 6.92 Å². The fraction of sp³-hybridized carbons (Fsp3) is 0.923. The summed E-state index contributed by atoms with van der Waals surface area (Å²) in [4.78, 5) is 25.1. The highest BCUT2D eigenvalue weighted by Crippen LogP contribution is 2.44. The third kappa shape index (κ3) is 6.47. The Morgan fingerprint density at radius 1 is 1.00 bits per heavy atom. The van der Waals surface area contributed by atoms with Crippen LogP contribution in [0, 0.1) is 40.4 Å². The van der Waals surface area contributed by atoms with Crippen LogP contribution < -0.4 is 0 Å². The molecule has 0 spiro atoms. The minimum absolute atomic E-state index is 0.0292. The molecular formula is C26H46O4. The Bertz CT molecular complexity index is 580. The Morgan fingerprint density at radius 3 is 2.10 bits per heavy atom. The standard InChI is InChI=1S/C26H46O4/c1-8-26(6,7)16-21(18-12-14-19(15-13-18)25(3,4)5)30-24(29)20-11-9-10-17(2)22(20)23(27)28/h17-22H,8-16H2,1-7H3,(H,27,28). The average Bonchev–Trinajstić information content (AvgIpc) is 2.66. The molecule has 2 aliphatic carbocycles. The van der Waals surface area contributed by atoms with Crippen LogP contribution in [-0.2, 0) is 14.3 Å². The zero-order valence-electron chi connectivity index (χ0n) is 20.5. The van der Waals surface area contributed by atoms with E-state index in [0.717, 1.165) is 44.4 Å². The van der Waals surface area contributed by atoms with Crippen molar-refractivity contribution in [3.8, 4) is 0 Å². The number of ether oxygens (including phenoxy) is 1. The highest BCUT2D eigenvalue weighted by atomic mass is 16.5. The topological polar surface area (TPSA) is 63.6 Å². The summed E-state index contributed by atoms with van der Waals surface area (Å²) in [6.07, 6.45) is 8.81. The fourth-order valence-electron chi connectivity index (χ4n) is 5.68. The van der Waals surface area contributed by atoms with Gasteiger partial charge >= 0.3 is 11.9 Å². The van der Waals surface area contributed by atoms with Gasteiger partial charge in [0, 0.05) is 0 Å². The number of hydrogen-bond donors (Lipinski definition) is 1. The lowest BCUT2D eigenvalue weighted by Crippen LogP contribution is -2.42. The number of hydrogen-bond acceptors (Lipinski definition) is 3. The molecular weight excluding hydrogens is 376 g/mol. The Labute approximate surface area is 184 Å². The summed E-state index contributed by atoms with van der Waals surface area (Å²) in [6.45, 7) is 15.6. The Balaban J connectivity index is 2.13. The summed E-state index contributed by atoms with van der Waals surface area (Å²) >= 11 is 0. The molecule has 0 saturated heterocycles. The lowest BCUT2D eigenvalue weighted by molar-refractivity contribution is -0.170. The van der Waals surface area contributed by atoms with Crippen molar-refractivity contribution >= 4 is 11.9 Å². The summed E-state index contributed by atoms with van der Waals surface area (Å²) in [5, 5.41) is 9.73. The summed E-state index contributed by atoms with van der Waals surface area (Å²) < 4.78 is 6.21. The maximum atomic E-state index is 13.2. The zero-order chi connectivity index (χ0) is 22.7. The fourth-order valence-corrected chi connectivity index (χ4v) is 5.68. The van der Waals surface area contributed by atoms with Crippen molar-refractivity contribution in [2.45, 2.75) is 112 Å². The molecule has 2 aliphatic rings. The van der Waals surface area contributed by atoms with Crippen LogP contribution >= 0.6 is 0 Å². The molecule has 1 N–H and O–H groups in total. The molecule has 2 saturated carbocycles. The average molecular weight is 423 g/mol. The van der Waals surface area contributed by atoms with Crippen molar-refractivity contribution in [3.05, 3.63) is 0 Å². The number of aliphatic carboxylic acids is 1. The second kappa shape index (κ2) is 10.0. The molecule has 30 heavy (non-hydrogen) atoms. The second-order valence-corrected chi connectivity index (χ2v) is 12.1. The molecule has 0 amide bonds. The van der Waals surface area contributed by atoms with Crippen LogP contribution in [0.2, 0.25) is 0 Å². The molecule has 4 atom stereocenters. The molecule has 4 heteroatoms. The smallest absolute Gasteiger partial charge is 0.310 e. The highest BCUT2D eigenvalue weighted by Gasteiger charge is 2.43. The van der Waals surface area contributed by atoms with Gasteiger partial charge in [-0.15, -0.1) is 0 Å². The molecule has 0 bridgehead atoms. The van der Waals surface area contributed by atoms with Gasteiger partial charge in [0.05, 0.1) is 11.8 Å². The number of carboxylic acid groups (broad SMARTS) is 1. The minimum Gasteiger partial charge on any atom is -0.481 e. The van der Waals surface area contributed by atoms with Crippen molar-refractivity contribution in [1.29, 1.82) is 0 Å². The first kappa shape index (κ1) is 25.2. The maximum Gasteiger partial charge on any atom is 0.310 e. The van der Waals surface area contributed by atoms with Gasteiger partial charge in [-0.25, -0.2) is 0 Å². The molecule has 4 nitrogen and oxygen atoms in total. The molecule has 4 unspecified atom stereocenters. The van der Waals surface area contributed by atoms with Crippen LogP contribution in [0.15, 0.2) is 0 Å². The molecule has 0 heterocycles. The summed E-state index contributed by atoms with van der Waals surface area (Å²) in [5.74, 6) is -1.07. The summed E-state index contributed by atoms with van der Waals surface area (Å²) in [7, 11) is 0. The van der Waals surface area contributed by atoms with E-state index in [1.165, 1.54) is 12.8 Å². The van der Waals surface area contributed by atoms with Crippen LogP contribution in [0.3, 0.4) is 0 Å². The Hall–Kier alpha value is -1.06. The van der Waals surface area contributed by atoms with E-state index in [2.05, 4.69) is 41.5 Å². The van der Waals surface area contributed by atoms with Gasteiger partial charge in [-0.1, -0.05) is 61.3 Å².